The number of benzene rings is 2. The highest BCUT2D eigenvalue weighted by molar-refractivity contribution is 9.10. The van der Waals surface area contributed by atoms with Gasteiger partial charge in [0, 0.05) is 15.0 Å². The number of nitrogens with two attached hydrogens (primary N) is 1. The Balaban J connectivity index is 2.25. The molecule has 0 aliphatic rings. The fourth-order valence-corrected chi connectivity index (χ4v) is 2.48. The van der Waals surface area contributed by atoms with Crippen LogP contribution in [0.4, 0.5) is 0 Å². The summed E-state index contributed by atoms with van der Waals surface area (Å²) in [5, 5.41) is 0. The van der Waals surface area contributed by atoms with Gasteiger partial charge in [-0.1, -0.05) is 44.0 Å². The lowest BCUT2D eigenvalue weighted by atomic mass is 10.0. The third-order valence-electron chi connectivity index (χ3n) is 3.07. The third-order valence-corrected chi connectivity index (χ3v) is 4.49. The van der Waals surface area contributed by atoms with Crippen LogP contribution in [-0.2, 0) is 0 Å². The molecule has 0 aliphatic heterocycles. The summed E-state index contributed by atoms with van der Waals surface area (Å²) in [4.78, 5) is 0. The number of ether oxygens (including phenoxy) is 1. The molecule has 4 heteroatoms. The molecule has 0 radical (unpaired) electrons. The largest absolute Gasteiger partial charge is 0.484 e. The molecule has 2 nitrogen and oxygen atoms in total. The number of halogens is 2. The van der Waals surface area contributed by atoms with Gasteiger partial charge in [-0.3, -0.25) is 0 Å². The quantitative estimate of drug-likeness (QED) is 0.787. The van der Waals surface area contributed by atoms with Gasteiger partial charge in [0.05, 0.1) is 0 Å². The van der Waals surface area contributed by atoms with Gasteiger partial charge < -0.3 is 10.5 Å². The van der Waals surface area contributed by atoms with Gasteiger partial charge in [0.25, 0.3) is 0 Å². The Morgan fingerprint density at radius 2 is 1.70 bits per heavy atom. The molecule has 0 spiro atoms. The maximum atomic E-state index is 6.08. The molecule has 2 rings (SSSR count). The van der Waals surface area contributed by atoms with Crippen molar-refractivity contribution in [3.05, 3.63) is 62.5 Å². The maximum Gasteiger partial charge on any atom is 0.138 e. The van der Waals surface area contributed by atoms with Crippen molar-refractivity contribution in [3.8, 4) is 5.75 Å². The zero-order chi connectivity index (χ0) is 14.7. The summed E-state index contributed by atoms with van der Waals surface area (Å²) in [6.07, 6.45) is -0.163. The average Bonchev–Trinajstić information content (AvgIpc) is 2.41. The lowest BCUT2D eigenvalue weighted by molar-refractivity contribution is 0.180. The molecule has 0 saturated heterocycles. The first-order valence-electron chi connectivity index (χ1n) is 6.41. The second-order valence-corrected chi connectivity index (χ2v) is 6.63. The molecule has 0 heterocycles. The summed E-state index contributed by atoms with van der Waals surface area (Å²) in [6, 6.07) is 13.9. The maximum absolute atomic E-state index is 6.08. The molecule has 2 unspecified atom stereocenters. The topological polar surface area (TPSA) is 35.2 Å². The van der Waals surface area contributed by atoms with E-state index >= 15 is 0 Å². The molecule has 0 aromatic heterocycles. The number of rotatable bonds is 4. The van der Waals surface area contributed by atoms with Gasteiger partial charge >= 0.3 is 0 Å². The predicted molar refractivity (Wildman–Crippen MR) is 90.0 cm³/mol. The van der Waals surface area contributed by atoms with E-state index in [4.69, 9.17) is 10.5 Å². The van der Waals surface area contributed by atoms with Crippen LogP contribution in [0.1, 0.15) is 24.2 Å². The third kappa shape index (κ3) is 3.84. The molecule has 106 valence electrons. The molecule has 0 bridgehead atoms. The second kappa shape index (κ2) is 6.74. The Bertz CT molecular complexity index is 582. The number of hydrogen-bond acceptors (Lipinski definition) is 2. The minimum absolute atomic E-state index is 0.0971. The number of hydrogen-bond donors (Lipinski definition) is 1. The van der Waals surface area contributed by atoms with Crippen molar-refractivity contribution in [2.24, 2.45) is 5.73 Å². The van der Waals surface area contributed by atoms with Crippen LogP contribution >= 0.6 is 31.9 Å². The van der Waals surface area contributed by atoms with Crippen molar-refractivity contribution in [2.45, 2.75) is 26.0 Å². The van der Waals surface area contributed by atoms with Crippen LogP contribution in [0.25, 0.3) is 0 Å². The first-order chi connectivity index (χ1) is 9.47. The summed E-state index contributed by atoms with van der Waals surface area (Å²) in [5.41, 5.74) is 8.29. The summed E-state index contributed by atoms with van der Waals surface area (Å²) in [7, 11) is 0. The van der Waals surface area contributed by atoms with E-state index in [-0.39, 0.29) is 12.1 Å². The molecule has 0 saturated carbocycles. The summed E-state index contributed by atoms with van der Waals surface area (Å²) in [5.74, 6) is 0.830. The fraction of sp³-hybridized carbons (Fsp3) is 0.250. The van der Waals surface area contributed by atoms with Crippen molar-refractivity contribution in [1.82, 2.24) is 0 Å². The minimum Gasteiger partial charge on any atom is -0.484 e. The molecule has 2 aromatic carbocycles. The summed E-state index contributed by atoms with van der Waals surface area (Å²) >= 11 is 6.93. The van der Waals surface area contributed by atoms with Gasteiger partial charge in [0.2, 0.25) is 0 Å². The monoisotopic (exact) mass is 397 g/mol. The van der Waals surface area contributed by atoms with Crippen LogP contribution in [0.15, 0.2) is 51.4 Å². The number of aryl methyl sites for hydroxylation is 1. The molecule has 20 heavy (non-hydrogen) atoms. The normalized spacial score (nSPS) is 13.8. The van der Waals surface area contributed by atoms with Crippen molar-refractivity contribution >= 4 is 31.9 Å². The molecule has 0 amide bonds. The van der Waals surface area contributed by atoms with Crippen molar-refractivity contribution in [3.63, 3.8) is 0 Å². The van der Waals surface area contributed by atoms with E-state index in [1.165, 1.54) is 0 Å². The lowest BCUT2D eigenvalue weighted by Crippen LogP contribution is -2.29. The summed E-state index contributed by atoms with van der Waals surface area (Å²) in [6.45, 7) is 4.00. The van der Waals surface area contributed by atoms with Crippen LogP contribution in [-0.4, -0.2) is 6.04 Å². The Labute approximate surface area is 136 Å². The molecular weight excluding hydrogens is 382 g/mol. The van der Waals surface area contributed by atoms with Gasteiger partial charge in [-0.2, -0.15) is 0 Å². The van der Waals surface area contributed by atoms with Crippen LogP contribution in [0.5, 0.6) is 5.75 Å². The molecular formula is C16H17Br2NO. The predicted octanol–water partition coefficient (Wildman–Crippen LogP) is 4.99. The first kappa shape index (κ1) is 15.5. The average molecular weight is 399 g/mol. The smallest absolute Gasteiger partial charge is 0.138 e. The SMILES string of the molecule is Cc1cc(OC(c2ccc(Br)cc2)C(C)N)ccc1Br. The molecule has 0 aliphatic carbocycles. The summed E-state index contributed by atoms with van der Waals surface area (Å²) < 4.78 is 8.20. The van der Waals surface area contributed by atoms with Crippen LogP contribution in [0.3, 0.4) is 0 Å². The Morgan fingerprint density at radius 3 is 2.25 bits per heavy atom. The molecule has 2 N–H and O–H groups in total. The van der Waals surface area contributed by atoms with Crippen LogP contribution in [0, 0.1) is 6.92 Å². The van der Waals surface area contributed by atoms with Crippen molar-refractivity contribution in [1.29, 1.82) is 0 Å². The zero-order valence-electron chi connectivity index (χ0n) is 11.4. The van der Waals surface area contributed by atoms with E-state index in [2.05, 4.69) is 31.9 Å². The van der Waals surface area contributed by atoms with E-state index in [1.807, 2.05) is 56.3 Å². The molecule has 2 atom stereocenters. The molecule has 0 fully saturated rings. The zero-order valence-corrected chi connectivity index (χ0v) is 14.6. The van der Waals surface area contributed by atoms with Crippen molar-refractivity contribution < 1.29 is 4.74 Å². The van der Waals surface area contributed by atoms with E-state index in [1.54, 1.807) is 0 Å². The highest BCUT2D eigenvalue weighted by Crippen LogP contribution is 2.28. The van der Waals surface area contributed by atoms with E-state index < -0.39 is 0 Å². The fourth-order valence-electron chi connectivity index (χ4n) is 1.97. The van der Waals surface area contributed by atoms with E-state index in [9.17, 15) is 0 Å². The van der Waals surface area contributed by atoms with Gasteiger partial charge in [0.1, 0.15) is 11.9 Å². The van der Waals surface area contributed by atoms with Gasteiger partial charge in [0.15, 0.2) is 0 Å². The minimum atomic E-state index is -0.163. The van der Waals surface area contributed by atoms with Gasteiger partial charge in [-0.25, -0.2) is 0 Å². The first-order valence-corrected chi connectivity index (χ1v) is 8.00. The van der Waals surface area contributed by atoms with E-state index in [0.717, 1.165) is 25.8 Å². The highest BCUT2D eigenvalue weighted by atomic mass is 79.9. The van der Waals surface area contributed by atoms with Crippen LogP contribution in [0.2, 0.25) is 0 Å². The van der Waals surface area contributed by atoms with E-state index in [0.29, 0.717) is 0 Å². The van der Waals surface area contributed by atoms with Crippen LogP contribution < -0.4 is 10.5 Å². The van der Waals surface area contributed by atoms with Gasteiger partial charge in [-0.05, 0) is 55.3 Å². The Morgan fingerprint density at radius 1 is 1.05 bits per heavy atom. The highest BCUT2D eigenvalue weighted by Gasteiger charge is 2.18. The standard InChI is InChI=1S/C16H17Br2NO/c1-10-9-14(7-8-15(10)18)20-16(11(2)19)12-3-5-13(17)6-4-12/h3-9,11,16H,19H2,1-2H3. The van der Waals surface area contributed by atoms with Gasteiger partial charge in [-0.15, -0.1) is 0 Å². The Kier molecular flexibility index (Phi) is 5.24. The Hall–Kier alpha value is -0.840. The lowest BCUT2D eigenvalue weighted by Gasteiger charge is -2.23. The van der Waals surface area contributed by atoms with Crippen molar-refractivity contribution in [2.75, 3.05) is 0 Å². The second-order valence-electron chi connectivity index (χ2n) is 4.86. The molecule has 2 aromatic rings.